The van der Waals surface area contributed by atoms with Gasteiger partial charge in [-0.1, -0.05) is 50.1 Å². The van der Waals surface area contributed by atoms with Crippen LogP contribution in [0.4, 0.5) is 0 Å². The van der Waals surface area contributed by atoms with Crippen molar-refractivity contribution in [2.24, 2.45) is 11.8 Å². The molecule has 1 aliphatic carbocycles. The molecule has 1 amide bonds. The van der Waals surface area contributed by atoms with E-state index in [1.54, 1.807) is 6.92 Å². The maximum atomic E-state index is 12.1. The average Bonchev–Trinajstić information content (AvgIpc) is 3.20. The maximum Gasteiger partial charge on any atom is 0.346 e. The highest BCUT2D eigenvalue weighted by atomic mass is 32.1. The molecule has 30 heavy (non-hydrogen) atoms. The van der Waals surface area contributed by atoms with Crippen molar-refractivity contribution in [2.45, 2.75) is 46.0 Å². The first-order valence-electron chi connectivity index (χ1n) is 10.8. The van der Waals surface area contributed by atoms with E-state index < -0.39 is 5.97 Å². The van der Waals surface area contributed by atoms with Gasteiger partial charge < -0.3 is 10.0 Å². The predicted molar refractivity (Wildman–Crippen MR) is 122 cm³/mol. The number of hydrogen-bond acceptors (Lipinski definition) is 3. The van der Waals surface area contributed by atoms with E-state index in [4.69, 9.17) is 0 Å². The van der Waals surface area contributed by atoms with Crippen LogP contribution in [0.2, 0.25) is 0 Å². The fraction of sp³-hybridized carbons (Fsp3) is 0.440. The fourth-order valence-corrected chi connectivity index (χ4v) is 5.90. The van der Waals surface area contributed by atoms with Crippen LogP contribution in [0.15, 0.2) is 42.0 Å². The highest BCUT2D eigenvalue weighted by Gasteiger charge is 2.31. The molecule has 5 heteroatoms. The van der Waals surface area contributed by atoms with E-state index in [1.807, 2.05) is 35.2 Å². The number of thiophene rings is 1. The Balaban J connectivity index is 1.80. The highest BCUT2D eigenvalue weighted by Crippen LogP contribution is 2.43. The topological polar surface area (TPSA) is 57.6 Å². The molecular formula is C25H29NO3S. The molecule has 1 aromatic carbocycles. The summed E-state index contributed by atoms with van der Waals surface area (Å²) in [6.07, 6.45) is 5.39. The van der Waals surface area contributed by atoms with Gasteiger partial charge in [0, 0.05) is 30.5 Å². The van der Waals surface area contributed by atoms with E-state index in [-0.39, 0.29) is 5.91 Å². The Morgan fingerprint density at radius 1 is 1.10 bits per heavy atom. The van der Waals surface area contributed by atoms with Crippen LogP contribution in [0, 0.1) is 11.8 Å². The lowest BCUT2D eigenvalue weighted by Gasteiger charge is -2.37. The molecular weight excluding hydrogens is 394 g/mol. The van der Waals surface area contributed by atoms with Crippen molar-refractivity contribution < 1.29 is 14.7 Å². The predicted octanol–water partition coefficient (Wildman–Crippen LogP) is 5.95. The molecule has 1 fully saturated rings. The number of aromatic carboxylic acids is 1. The van der Waals surface area contributed by atoms with Gasteiger partial charge in [0.1, 0.15) is 4.88 Å². The van der Waals surface area contributed by atoms with Gasteiger partial charge in [-0.25, -0.2) is 4.79 Å². The van der Waals surface area contributed by atoms with E-state index in [2.05, 4.69) is 13.0 Å². The molecule has 1 aromatic heterocycles. The van der Waals surface area contributed by atoms with Crippen LogP contribution in [0.3, 0.4) is 0 Å². The molecule has 158 valence electrons. The summed E-state index contributed by atoms with van der Waals surface area (Å²) in [7, 11) is 0. The largest absolute Gasteiger partial charge is 0.477 e. The standard InChI is InChI=1S/C25H29NO3S/c1-16-8-10-18(11-9-16)22-15-26(17(2)27)13-12-20(22)21-14-23(30-24(21)25(28)29)19-6-4-3-5-7-19/h3-7,14,16,18H,8-13,15H2,1-2H3,(H,28,29). The van der Waals surface area contributed by atoms with Crippen LogP contribution in [0.5, 0.6) is 0 Å². The highest BCUT2D eigenvalue weighted by molar-refractivity contribution is 7.17. The summed E-state index contributed by atoms with van der Waals surface area (Å²) in [6.45, 7) is 5.24. The van der Waals surface area contributed by atoms with Gasteiger partial charge in [-0.3, -0.25) is 4.79 Å². The van der Waals surface area contributed by atoms with Crippen molar-refractivity contribution in [1.82, 2.24) is 4.90 Å². The zero-order chi connectivity index (χ0) is 21.3. The SMILES string of the molecule is CC(=O)N1CCC(c2cc(-c3ccccc3)sc2C(=O)O)=C(C2CCC(C)CC2)C1. The molecule has 0 radical (unpaired) electrons. The molecule has 2 aromatic rings. The van der Waals surface area contributed by atoms with E-state index in [0.717, 1.165) is 41.2 Å². The summed E-state index contributed by atoms with van der Waals surface area (Å²) in [5.74, 6) is 0.429. The number of carboxylic acid groups (broad SMARTS) is 1. The summed E-state index contributed by atoms with van der Waals surface area (Å²) in [5.41, 5.74) is 4.38. The smallest absolute Gasteiger partial charge is 0.346 e. The van der Waals surface area contributed by atoms with Crippen molar-refractivity contribution >= 4 is 28.8 Å². The van der Waals surface area contributed by atoms with Crippen molar-refractivity contribution in [3.63, 3.8) is 0 Å². The normalized spacial score (nSPS) is 22.3. The van der Waals surface area contributed by atoms with Gasteiger partial charge in [0.2, 0.25) is 5.91 Å². The summed E-state index contributed by atoms with van der Waals surface area (Å²) in [4.78, 5) is 27.6. The lowest BCUT2D eigenvalue weighted by molar-refractivity contribution is -0.128. The zero-order valence-electron chi connectivity index (χ0n) is 17.7. The molecule has 1 N–H and O–H groups in total. The molecule has 0 saturated heterocycles. The second-order valence-corrected chi connectivity index (χ2v) is 9.73. The molecule has 2 aliphatic rings. The lowest BCUT2D eigenvalue weighted by atomic mass is 9.75. The summed E-state index contributed by atoms with van der Waals surface area (Å²) in [6, 6.07) is 12.0. The molecule has 1 aliphatic heterocycles. The molecule has 4 nitrogen and oxygen atoms in total. The Morgan fingerprint density at radius 3 is 2.43 bits per heavy atom. The first-order valence-corrected chi connectivity index (χ1v) is 11.7. The van der Waals surface area contributed by atoms with Gasteiger partial charge >= 0.3 is 5.97 Å². The van der Waals surface area contributed by atoms with Crippen LogP contribution in [0.25, 0.3) is 16.0 Å². The Bertz CT molecular complexity index is 968. The van der Waals surface area contributed by atoms with Gasteiger partial charge in [0.25, 0.3) is 0 Å². The molecule has 0 unspecified atom stereocenters. The first kappa shape index (κ1) is 20.9. The summed E-state index contributed by atoms with van der Waals surface area (Å²) in [5, 5.41) is 9.95. The average molecular weight is 424 g/mol. The fourth-order valence-electron chi connectivity index (χ4n) is 4.87. The lowest BCUT2D eigenvalue weighted by Crippen LogP contribution is -2.37. The van der Waals surface area contributed by atoms with Gasteiger partial charge in [-0.05, 0) is 53.9 Å². The number of carbonyl (C=O) groups excluding carboxylic acids is 1. The Labute approximate surface area is 182 Å². The molecule has 1 saturated carbocycles. The Morgan fingerprint density at radius 2 is 1.80 bits per heavy atom. The molecule has 0 atom stereocenters. The second-order valence-electron chi connectivity index (χ2n) is 8.68. The van der Waals surface area contributed by atoms with Crippen molar-refractivity contribution in [1.29, 1.82) is 0 Å². The van der Waals surface area contributed by atoms with Crippen LogP contribution in [-0.2, 0) is 4.79 Å². The quantitative estimate of drug-likeness (QED) is 0.661. The van der Waals surface area contributed by atoms with E-state index in [1.165, 1.54) is 35.3 Å². The number of benzene rings is 1. The van der Waals surface area contributed by atoms with Crippen LogP contribution in [0.1, 0.15) is 61.2 Å². The van der Waals surface area contributed by atoms with Gasteiger partial charge in [-0.15, -0.1) is 11.3 Å². The van der Waals surface area contributed by atoms with Gasteiger partial charge in [0.15, 0.2) is 0 Å². The number of hydrogen-bond donors (Lipinski definition) is 1. The van der Waals surface area contributed by atoms with Crippen molar-refractivity contribution in [3.05, 3.63) is 52.4 Å². The summed E-state index contributed by atoms with van der Waals surface area (Å²) < 4.78 is 0. The number of rotatable bonds is 4. The zero-order valence-corrected chi connectivity index (χ0v) is 18.5. The third-order valence-electron chi connectivity index (χ3n) is 6.64. The molecule has 2 heterocycles. The van der Waals surface area contributed by atoms with Crippen LogP contribution >= 0.6 is 11.3 Å². The van der Waals surface area contributed by atoms with Crippen LogP contribution < -0.4 is 0 Å². The van der Waals surface area contributed by atoms with Crippen LogP contribution in [-0.4, -0.2) is 35.0 Å². The minimum absolute atomic E-state index is 0.101. The number of nitrogens with zero attached hydrogens (tertiary/aromatic N) is 1. The third-order valence-corrected chi connectivity index (χ3v) is 7.82. The first-order chi connectivity index (χ1) is 14.4. The second kappa shape index (κ2) is 8.76. The number of carboxylic acids is 1. The number of amides is 1. The minimum atomic E-state index is -0.865. The molecule has 4 rings (SSSR count). The maximum absolute atomic E-state index is 12.1. The van der Waals surface area contributed by atoms with Crippen molar-refractivity contribution in [2.75, 3.05) is 13.1 Å². The Hall–Kier alpha value is -2.40. The molecule has 0 spiro atoms. The summed E-state index contributed by atoms with van der Waals surface area (Å²) >= 11 is 1.36. The molecule has 0 bridgehead atoms. The Kier molecular flexibility index (Phi) is 6.09. The van der Waals surface area contributed by atoms with E-state index >= 15 is 0 Å². The number of carbonyl (C=O) groups is 2. The van der Waals surface area contributed by atoms with Gasteiger partial charge in [-0.2, -0.15) is 0 Å². The monoisotopic (exact) mass is 423 g/mol. The minimum Gasteiger partial charge on any atom is -0.477 e. The third kappa shape index (κ3) is 4.22. The van der Waals surface area contributed by atoms with Crippen molar-refractivity contribution in [3.8, 4) is 10.4 Å². The van der Waals surface area contributed by atoms with E-state index in [0.29, 0.717) is 23.9 Å². The van der Waals surface area contributed by atoms with E-state index in [9.17, 15) is 14.7 Å². The van der Waals surface area contributed by atoms with Gasteiger partial charge in [0.05, 0.1) is 0 Å².